The van der Waals surface area contributed by atoms with E-state index in [0.29, 0.717) is 0 Å². The van der Waals surface area contributed by atoms with Crippen LogP contribution in [0.4, 0.5) is 0 Å². The minimum atomic E-state index is -3.80. The Hall–Kier alpha value is -1.07. The van der Waals surface area contributed by atoms with Gasteiger partial charge in [-0.3, -0.25) is 0 Å². The van der Waals surface area contributed by atoms with Crippen molar-refractivity contribution in [3.63, 3.8) is 0 Å². The van der Waals surface area contributed by atoms with E-state index in [1.807, 2.05) is 0 Å². The summed E-state index contributed by atoms with van der Waals surface area (Å²) in [5.74, 6) is 0. The molecular weight excluding hydrogens is 341 g/mol. The lowest BCUT2D eigenvalue weighted by Crippen LogP contribution is -1.98. The van der Waals surface area contributed by atoms with Crippen molar-refractivity contribution in [2.75, 3.05) is 0 Å². The summed E-state index contributed by atoms with van der Waals surface area (Å²) in [6.07, 6.45) is 1.10. The van der Waals surface area contributed by atoms with Crippen LogP contribution in [0.15, 0.2) is 51.8 Å². The number of hydrogen-bond donors (Lipinski definition) is 0. The van der Waals surface area contributed by atoms with Gasteiger partial charge in [-0.1, -0.05) is 53.0 Å². The first-order chi connectivity index (χ1) is 9.42. The average molecular weight is 349 g/mol. The molecule has 0 aromatic heterocycles. The Kier molecular flexibility index (Phi) is 4.70. The van der Waals surface area contributed by atoms with E-state index < -0.39 is 10.0 Å². The summed E-state index contributed by atoms with van der Waals surface area (Å²) in [6, 6.07) is 10.9. The van der Waals surface area contributed by atoms with Gasteiger partial charge in [-0.25, -0.2) is 0 Å². The third kappa shape index (κ3) is 3.33. The van der Waals surface area contributed by atoms with Crippen LogP contribution in [-0.2, 0) is 10.0 Å². The second-order valence-corrected chi connectivity index (χ2v) is 6.60. The molecule has 2 rings (SSSR count). The molecule has 0 aliphatic rings. The van der Waals surface area contributed by atoms with Crippen molar-refractivity contribution in [3.05, 3.63) is 63.1 Å². The van der Waals surface area contributed by atoms with Crippen molar-refractivity contribution in [2.24, 2.45) is 4.40 Å². The Bertz CT molecular complexity index is 759. The maximum absolute atomic E-state index is 12.0. The van der Waals surface area contributed by atoms with Crippen molar-refractivity contribution in [1.29, 1.82) is 0 Å². The molecule has 0 radical (unpaired) electrons. The smallest absolute Gasteiger partial charge is 0.199 e. The molecular formula is C13H8Cl3NO2S. The van der Waals surface area contributed by atoms with Gasteiger partial charge in [0.25, 0.3) is 10.0 Å². The van der Waals surface area contributed by atoms with Crippen LogP contribution in [0.2, 0.25) is 15.1 Å². The molecule has 7 heteroatoms. The lowest BCUT2D eigenvalue weighted by Gasteiger charge is -2.03. The van der Waals surface area contributed by atoms with Crippen LogP contribution in [-0.4, -0.2) is 14.6 Å². The van der Waals surface area contributed by atoms with Gasteiger partial charge in [0.15, 0.2) is 0 Å². The number of sulfonamides is 1. The molecule has 2 aromatic rings. The summed E-state index contributed by atoms with van der Waals surface area (Å²) in [5.41, 5.74) is 0.264. The highest BCUT2D eigenvalue weighted by Crippen LogP contribution is 2.30. The Morgan fingerprint density at radius 3 is 2.15 bits per heavy atom. The fourth-order valence-electron chi connectivity index (χ4n) is 1.44. The van der Waals surface area contributed by atoms with Gasteiger partial charge in [-0.05, 0) is 24.3 Å². The van der Waals surface area contributed by atoms with Gasteiger partial charge >= 0.3 is 0 Å². The predicted molar refractivity (Wildman–Crippen MR) is 82.7 cm³/mol. The van der Waals surface area contributed by atoms with E-state index in [1.54, 1.807) is 18.2 Å². The molecule has 3 nitrogen and oxygen atoms in total. The molecule has 0 atom stereocenters. The highest BCUT2D eigenvalue weighted by molar-refractivity contribution is 7.90. The van der Waals surface area contributed by atoms with E-state index in [2.05, 4.69) is 4.40 Å². The zero-order valence-corrected chi connectivity index (χ0v) is 13.0. The van der Waals surface area contributed by atoms with Gasteiger partial charge in [-0.15, -0.1) is 0 Å². The standard InChI is InChI=1S/C13H8Cl3NO2S/c14-11-6-7-12(15)13(16)10(11)8-17-20(18,19)9-4-2-1-3-5-9/h1-8H/b17-8-. The molecule has 0 N–H and O–H groups in total. The first-order valence-electron chi connectivity index (χ1n) is 5.41. The first-order valence-corrected chi connectivity index (χ1v) is 7.98. The fraction of sp³-hybridized carbons (Fsp3) is 0. The highest BCUT2D eigenvalue weighted by atomic mass is 35.5. The minimum absolute atomic E-state index is 0.0884. The van der Waals surface area contributed by atoms with Crippen LogP contribution in [0, 0.1) is 0 Å². The lowest BCUT2D eigenvalue weighted by atomic mass is 10.2. The summed E-state index contributed by atoms with van der Waals surface area (Å²) >= 11 is 17.8. The normalized spacial score (nSPS) is 11.9. The molecule has 0 spiro atoms. The summed E-state index contributed by atoms with van der Waals surface area (Å²) in [6.45, 7) is 0. The molecule has 0 saturated heterocycles. The molecule has 0 bridgehead atoms. The second-order valence-electron chi connectivity index (χ2n) is 3.78. The molecule has 0 heterocycles. The van der Waals surface area contributed by atoms with E-state index >= 15 is 0 Å². The van der Waals surface area contributed by atoms with Crippen LogP contribution >= 0.6 is 34.8 Å². The summed E-state index contributed by atoms with van der Waals surface area (Å²) in [5, 5.41) is 0.701. The van der Waals surface area contributed by atoms with Gasteiger partial charge in [0.2, 0.25) is 0 Å². The molecule has 0 fully saturated rings. The first kappa shape index (κ1) is 15.3. The zero-order chi connectivity index (χ0) is 14.8. The number of halogens is 3. The maximum atomic E-state index is 12.0. The van der Waals surface area contributed by atoms with Crippen molar-refractivity contribution in [3.8, 4) is 0 Å². The Morgan fingerprint density at radius 2 is 1.50 bits per heavy atom. The molecule has 0 aliphatic heterocycles. The van der Waals surface area contributed by atoms with Crippen molar-refractivity contribution >= 4 is 51.0 Å². The molecule has 0 aliphatic carbocycles. The largest absolute Gasteiger partial charge is 0.282 e. The molecule has 2 aromatic carbocycles. The van der Waals surface area contributed by atoms with E-state index in [4.69, 9.17) is 34.8 Å². The van der Waals surface area contributed by atoms with Crippen LogP contribution in [0.5, 0.6) is 0 Å². The highest BCUT2D eigenvalue weighted by Gasteiger charge is 2.13. The second kappa shape index (κ2) is 6.14. The van der Waals surface area contributed by atoms with Crippen molar-refractivity contribution in [2.45, 2.75) is 4.90 Å². The lowest BCUT2D eigenvalue weighted by molar-refractivity contribution is 0.598. The van der Waals surface area contributed by atoms with Crippen molar-refractivity contribution in [1.82, 2.24) is 0 Å². The van der Waals surface area contributed by atoms with E-state index in [9.17, 15) is 8.42 Å². The topological polar surface area (TPSA) is 46.5 Å². The zero-order valence-electron chi connectivity index (χ0n) is 9.92. The summed E-state index contributed by atoms with van der Waals surface area (Å²) < 4.78 is 27.6. The van der Waals surface area contributed by atoms with E-state index in [0.717, 1.165) is 6.21 Å². The Morgan fingerprint density at radius 1 is 0.900 bits per heavy atom. The van der Waals surface area contributed by atoms with Crippen LogP contribution in [0.3, 0.4) is 0 Å². The van der Waals surface area contributed by atoms with E-state index in [1.165, 1.54) is 24.3 Å². The molecule has 0 amide bonds. The molecule has 104 valence electrons. The maximum Gasteiger partial charge on any atom is 0.282 e. The third-order valence-corrected chi connectivity index (χ3v) is 4.84. The summed E-state index contributed by atoms with van der Waals surface area (Å²) in [4.78, 5) is 0.0884. The van der Waals surface area contributed by atoms with Crippen LogP contribution < -0.4 is 0 Å². The van der Waals surface area contributed by atoms with Gasteiger partial charge < -0.3 is 0 Å². The number of benzene rings is 2. The predicted octanol–water partition coefficient (Wildman–Crippen LogP) is 4.45. The third-order valence-electron chi connectivity index (χ3n) is 2.44. The van der Waals surface area contributed by atoms with Gasteiger partial charge in [-0.2, -0.15) is 12.8 Å². The molecule has 0 saturated carbocycles. The van der Waals surface area contributed by atoms with Gasteiger partial charge in [0, 0.05) is 5.56 Å². The quantitative estimate of drug-likeness (QED) is 0.607. The average Bonchev–Trinajstić information content (AvgIpc) is 2.44. The van der Waals surface area contributed by atoms with Crippen LogP contribution in [0.25, 0.3) is 0 Å². The van der Waals surface area contributed by atoms with Gasteiger partial charge in [0.1, 0.15) is 0 Å². The number of rotatable bonds is 3. The fourth-order valence-corrected chi connectivity index (χ4v) is 2.94. The number of nitrogens with zero attached hydrogens (tertiary/aromatic N) is 1. The monoisotopic (exact) mass is 347 g/mol. The van der Waals surface area contributed by atoms with Gasteiger partial charge in [0.05, 0.1) is 26.2 Å². The summed E-state index contributed by atoms with van der Waals surface area (Å²) in [7, 11) is -3.80. The minimum Gasteiger partial charge on any atom is -0.199 e. The Labute approximate surface area is 131 Å². The SMILES string of the molecule is O=S(=O)(/N=C\c1c(Cl)ccc(Cl)c1Cl)c1ccccc1. The van der Waals surface area contributed by atoms with Crippen LogP contribution in [0.1, 0.15) is 5.56 Å². The molecule has 20 heavy (non-hydrogen) atoms. The number of hydrogen-bond acceptors (Lipinski definition) is 2. The van der Waals surface area contributed by atoms with E-state index in [-0.39, 0.29) is 25.5 Å². The Balaban J connectivity index is 2.43. The van der Waals surface area contributed by atoms with Crippen molar-refractivity contribution < 1.29 is 8.42 Å². The molecule has 0 unspecified atom stereocenters.